The van der Waals surface area contributed by atoms with Crippen molar-refractivity contribution in [3.05, 3.63) is 0 Å². The van der Waals surface area contributed by atoms with E-state index in [-0.39, 0.29) is 6.17 Å². The molecular weight excluding hydrogens is 279 g/mol. The van der Waals surface area contributed by atoms with Gasteiger partial charge in [-0.25, -0.2) is 0 Å². The Bertz CT molecular complexity index is 223. The predicted molar refractivity (Wildman–Crippen MR) is 57.7 cm³/mol. The third kappa shape index (κ3) is 2.21. The molecule has 76 valence electrons. The highest BCUT2D eigenvalue weighted by Crippen LogP contribution is 2.48. The average Bonchev–Trinajstić information content (AvgIpc) is 2.32. The molecular formula is C5H6Cl5N3. The second kappa shape index (κ2) is 3.70. The number of hydrogen-bond acceptors (Lipinski definition) is 3. The Hall–Kier alpha value is 0.720. The van der Waals surface area contributed by atoms with Crippen LogP contribution in [-0.4, -0.2) is 25.7 Å². The van der Waals surface area contributed by atoms with Crippen molar-refractivity contribution < 1.29 is 0 Å². The van der Waals surface area contributed by atoms with Gasteiger partial charge in [-0.3, -0.25) is 5.43 Å². The fraction of sp³-hybridized carbons (Fsp3) is 0.800. The van der Waals surface area contributed by atoms with Gasteiger partial charge in [-0.1, -0.05) is 58.0 Å². The van der Waals surface area contributed by atoms with Gasteiger partial charge in [-0.2, -0.15) is 5.10 Å². The molecule has 3 nitrogen and oxygen atoms in total. The molecule has 0 aromatic heterocycles. The van der Waals surface area contributed by atoms with Gasteiger partial charge >= 0.3 is 0 Å². The Labute approximate surface area is 101 Å². The molecule has 0 saturated carbocycles. The second-order valence-corrected chi connectivity index (χ2v) is 6.06. The van der Waals surface area contributed by atoms with E-state index in [0.29, 0.717) is 0 Å². The van der Waals surface area contributed by atoms with Crippen LogP contribution >= 0.6 is 58.0 Å². The zero-order valence-corrected chi connectivity index (χ0v) is 10.2. The first kappa shape index (κ1) is 11.8. The highest BCUT2D eigenvalue weighted by atomic mass is 35.6. The van der Waals surface area contributed by atoms with Crippen LogP contribution in [0.3, 0.4) is 0 Å². The fourth-order valence-electron chi connectivity index (χ4n) is 0.828. The molecule has 1 aliphatic rings. The lowest BCUT2D eigenvalue weighted by Crippen LogP contribution is -2.52. The van der Waals surface area contributed by atoms with Crippen molar-refractivity contribution in [3.8, 4) is 0 Å². The summed E-state index contributed by atoms with van der Waals surface area (Å²) >= 11 is 28.6. The molecule has 0 aromatic rings. The van der Waals surface area contributed by atoms with Gasteiger partial charge in [0.15, 0.2) is 0 Å². The van der Waals surface area contributed by atoms with E-state index in [0.717, 1.165) is 0 Å². The van der Waals surface area contributed by atoms with Gasteiger partial charge in [0.05, 0.1) is 0 Å². The first-order valence-electron chi connectivity index (χ1n) is 3.28. The smallest absolute Gasteiger partial charge is 0.241 e. The Morgan fingerprint density at radius 3 is 2.15 bits per heavy atom. The molecule has 1 N–H and O–H groups in total. The van der Waals surface area contributed by atoms with Crippen molar-refractivity contribution in [1.82, 2.24) is 10.3 Å². The summed E-state index contributed by atoms with van der Waals surface area (Å²) < 4.78 is -3.47. The maximum Gasteiger partial charge on any atom is 0.241 e. The SMILES string of the molecule is CC1NN=CN1C(Cl)(Cl)C(Cl)(Cl)Cl. The van der Waals surface area contributed by atoms with Crippen molar-refractivity contribution >= 4 is 64.3 Å². The zero-order valence-electron chi connectivity index (χ0n) is 6.44. The Morgan fingerprint density at radius 1 is 1.31 bits per heavy atom. The van der Waals surface area contributed by atoms with Crippen LogP contribution in [0, 0.1) is 0 Å². The lowest BCUT2D eigenvalue weighted by atomic mass is 10.5. The number of nitrogens with one attached hydrogen (secondary N) is 1. The molecule has 0 radical (unpaired) electrons. The van der Waals surface area contributed by atoms with E-state index in [1.807, 2.05) is 0 Å². The third-order valence-electron chi connectivity index (χ3n) is 1.53. The molecule has 1 aliphatic heterocycles. The van der Waals surface area contributed by atoms with Crippen LogP contribution < -0.4 is 5.43 Å². The van der Waals surface area contributed by atoms with Crippen LogP contribution in [0.25, 0.3) is 0 Å². The monoisotopic (exact) mass is 283 g/mol. The molecule has 13 heavy (non-hydrogen) atoms. The minimum atomic E-state index is -1.82. The lowest BCUT2D eigenvalue weighted by molar-refractivity contribution is 0.281. The molecule has 0 fully saturated rings. The van der Waals surface area contributed by atoms with Crippen molar-refractivity contribution in [3.63, 3.8) is 0 Å². The highest BCUT2D eigenvalue weighted by molar-refractivity contribution is 6.75. The van der Waals surface area contributed by atoms with Crippen molar-refractivity contribution in [2.75, 3.05) is 0 Å². The van der Waals surface area contributed by atoms with Crippen molar-refractivity contribution in [1.29, 1.82) is 0 Å². The molecule has 1 atom stereocenters. The van der Waals surface area contributed by atoms with Gasteiger partial charge in [0.25, 0.3) is 0 Å². The van der Waals surface area contributed by atoms with E-state index in [1.165, 1.54) is 11.2 Å². The van der Waals surface area contributed by atoms with E-state index in [1.54, 1.807) is 6.92 Å². The summed E-state index contributed by atoms with van der Waals surface area (Å²) in [7, 11) is 0. The first-order chi connectivity index (χ1) is 5.77. The quantitative estimate of drug-likeness (QED) is 0.592. The Morgan fingerprint density at radius 2 is 1.85 bits per heavy atom. The van der Waals surface area contributed by atoms with Gasteiger partial charge < -0.3 is 4.90 Å². The van der Waals surface area contributed by atoms with Gasteiger partial charge in [0.1, 0.15) is 12.5 Å². The summed E-state index contributed by atoms with van der Waals surface area (Å²) in [5.41, 5.74) is 2.70. The largest absolute Gasteiger partial charge is 0.304 e. The van der Waals surface area contributed by atoms with Crippen LogP contribution in [0.5, 0.6) is 0 Å². The minimum absolute atomic E-state index is 0.217. The van der Waals surface area contributed by atoms with Gasteiger partial charge in [0, 0.05) is 0 Å². The van der Waals surface area contributed by atoms with Crippen molar-refractivity contribution in [2.24, 2.45) is 5.10 Å². The number of hydrogen-bond donors (Lipinski definition) is 1. The summed E-state index contributed by atoms with van der Waals surface area (Å²) in [4.78, 5) is 1.41. The van der Waals surface area contributed by atoms with E-state index in [9.17, 15) is 0 Å². The normalized spacial score (nSPS) is 23.5. The summed E-state index contributed by atoms with van der Waals surface area (Å²) in [6.45, 7) is 1.78. The van der Waals surface area contributed by atoms with E-state index in [2.05, 4.69) is 10.5 Å². The van der Waals surface area contributed by atoms with E-state index < -0.39 is 8.25 Å². The third-order valence-corrected chi connectivity index (χ3v) is 3.88. The second-order valence-electron chi connectivity index (χ2n) is 2.50. The molecule has 1 heterocycles. The number of rotatable bonds is 1. The Balaban J connectivity index is 2.86. The molecule has 1 unspecified atom stereocenters. The molecule has 0 amide bonds. The summed E-state index contributed by atoms with van der Waals surface area (Å²) in [6.07, 6.45) is 1.16. The average molecular weight is 285 g/mol. The van der Waals surface area contributed by atoms with Crippen LogP contribution in [0.4, 0.5) is 0 Å². The Kier molecular flexibility index (Phi) is 3.36. The fourth-order valence-corrected chi connectivity index (χ4v) is 1.50. The van der Waals surface area contributed by atoms with E-state index >= 15 is 0 Å². The number of halogens is 5. The van der Waals surface area contributed by atoms with E-state index in [4.69, 9.17) is 58.0 Å². The van der Waals surface area contributed by atoms with Crippen LogP contribution in [0.2, 0.25) is 0 Å². The van der Waals surface area contributed by atoms with Crippen LogP contribution in [0.1, 0.15) is 6.92 Å². The zero-order chi connectivity index (χ0) is 10.3. The van der Waals surface area contributed by atoms with Gasteiger partial charge in [-0.05, 0) is 6.92 Å². The van der Waals surface area contributed by atoms with Gasteiger partial charge in [0.2, 0.25) is 8.25 Å². The van der Waals surface area contributed by atoms with Crippen LogP contribution in [0.15, 0.2) is 5.10 Å². The lowest BCUT2D eigenvalue weighted by Gasteiger charge is -2.37. The minimum Gasteiger partial charge on any atom is -0.304 e. The van der Waals surface area contributed by atoms with Gasteiger partial charge in [-0.15, -0.1) is 0 Å². The first-order valence-corrected chi connectivity index (χ1v) is 5.17. The topological polar surface area (TPSA) is 27.6 Å². The molecule has 8 heteroatoms. The van der Waals surface area contributed by atoms with Crippen LogP contribution in [-0.2, 0) is 0 Å². The maximum atomic E-state index is 5.88. The maximum absolute atomic E-state index is 5.88. The molecule has 0 aliphatic carbocycles. The number of alkyl halides is 5. The molecule has 1 rings (SSSR count). The number of nitrogens with zero attached hydrogens (tertiary/aromatic N) is 2. The molecule has 0 saturated heterocycles. The summed E-state index contributed by atoms with van der Waals surface area (Å²) in [5, 5.41) is 3.73. The highest BCUT2D eigenvalue weighted by Gasteiger charge is 2.52. The molecule has 0 aromatic carbocycles. The summed E-state index contributed by atoms with van der Waals surface area (Å²) in [6, 6.07) is 0. The van der Waals surface area contributed by atoms with Crippen molar-refractivity contribution in [2.45, 2.75) is 21.3 Å². The summed E-state index contributed by atoms with van der Waals surface area (Å²) in [5.74, 6) is 0. The standard InChI is InChI=1S/C5H6Cl5N3/c1-3-12-11-2-13(3)5(9,10)4(6,7)8/h2-3,12H,1H3. The predicted octanol–water partition coefficient (Wildman–Crippen LogP) is 2.68. The molecule has 0 bridgehead atoms. The number of hydrazone groups is 1. The molecule has 0 spiro atoms.